The molecule has 1 heterocycles. The van der Waals surface area contributed by atoms with Crippen molar-refractivity contribution in [3.05, 3.63) is 46.4 Å². The molecule has 96 valence electrons. The molecule has 0 amide bonds. The van der Waals surface area contributed by atoms with E-state index in [2.05, 4.69) is 9.97 Å². The molecule has 0 unspecified atom stereocenters. The molecule has 2 rings (SSSR count). The van der Waals surface area contributed by atoms with Gasteiger partial charge in [0.15, 0.2) is 0 Å². The average Bonchev–Trinajstić information content (AvgIpc) is 2.39. The minimum Gasteiger partial charge on any atom is -0.462 e. The van der Waals surface area contributed by atoms with E-state index in [4.69, 9.17) is 4.74 Å². The van der Waals surface area contributed by atoms with Gasteiger partial charge < -0.3 is 9.72 Å². The Hall–Kier alpha value is -2.72. The van der Waals surface area contributed by atoms with Crippen LogP contribution in [-0.4, -0.2) is 28.5 Å². The van der Waals surface area contributed by atoms with Crippen LogP contribution in [-0.2, 0) is 20.7 Å². The van der Waals surface area contributed by atoms with Crippen molar-refractivity contribution in [1.29, 1.82) is 0 Å². The second-order valence-electron chi connectivity index (χ2n) is 3.71. The summed E-state index contributed by atoms with van der Waals surface area (Å²) in [6, 6.07) is 7.14. The number of nitrogens with zero attached hydrogens (tertiary/aromatic N) is 1. The number of aromatic nitrogens is 2. The van der Waals surface area contributed by atoms with Gasteiger partial charge >= 0.3 is 5.97 Å². The largest absolute Gasteiger partial charge is 0.462 e. The van der Waals surface area contributed by atoms with Crippen molar-refractivity contribution >= 4 is 22.9 Å². The lowest BCUT2D eigenvalue weighted by molar-refractivity contribution is -0.137. The fourth-order valence-electron chi connectivity index (χ4n) is 1.57. The topological polar surface area (TPSA) is 89.1 Å². The molecule has 19 heavy (non-hydrogen) atoms. The number of rotatable bonds is 4. The van der Waals surface area contributed by atoms with Gasteiger partial charge in [0.2, 0.25) is 0 Å². The van der Waals surface area contributed by atoms with E-state index >= 15 is 0 Å². The molecule has 0 fully saturated rings. The van der Waals surface area contributed by atoms with Crippen LogP contribution in [0.1, 0.15) is 5.69 Å². The summed E-state index contributed by atoms with van der Waals surface area (Å²) in [5.74, 6) is 0.534. The van der Waals surface area contributed by atoms with Crippen molar-refractivity contribution < 1.29 is 14.3 Å². The van der Waals surface area contributed by atoms with Crippen LogP contribution >= 0.6 is 0 Å². The number of benzene rings is 1. The minimum atomic E-state index is -0.785. The molecule has 1 aromatic heterocycles. The highest BCUT2D eigenvalue weighted by molar-refractivity contribution is 5.89. The quantitative estimate of drug-likeness (QED) is 0.487. The average molecular weight is 258 g/mol. The normalized spacial score (nSPS) is 9.89. The maximum atomic E-state index is 11.7. The first-order valence-corrected chi connectivity index (χ1v) is 5.56. The monoisotopic (exact) mass is 258 g/mol. The molecule has 0 saturated carbocycles. The van der Waals surface area contributed by atoms with Crippen molar-refractivity contribution in [3.63, 3.8) is 0 Å². The number of aromatic amines is 1. The maximum absolute atomic E-state index is 11.7. The Kier molecular flexibility index (Phi) is 3.85. The third-order valence-electron chi connectivity index (χ3n) is 2.43. The Morgan fingerprint density at radius 2 is 2.21 bits per heavy atom. The Bertz CT molecular complexity index is 714. The molecule has 0 bridgehead atoms. The zero-order valence-corrected chi connectivity index (χ0v) is 9.88. The summed E-state index contributed by atoms with van der Waals surface area (Å²) in [5, 5.41) is 0. The first-order valence-electron chi connectivity index (χ1n) is 5.56. The molecule has 0 spiro atoms. The Balaban J connectivity index is 2.12. The van der Waals surface area contributed by atoms with Crippen LogP contribution in [0.25, 0.3) is 11.0 Å². The number of para-hydroxylation sites is 2. The fraction of sp³-hybridized carbons (Fsp3) is 0.154. The predicted molar refractivity (Wildman–Crippen MR) is 67.3 cm³/mol. The molecule has 0 radical (unpaired) electrons. The summed E-state index contributed by atoms with van der Waals surface area (Å²) in [4.78, 5) is 39.4. The Morgan fingerprint density at radius 1 is 1.42 bits per heavy atom. The van der Waals surface area contributed by atoms with Gasteiger partial charge in [0.1, 0.15) is 17.7 Å². The minimum absolute atomic E-state index is 0.0224. The van der Waals surface area contributed by atoms with E-state index < -0.39 is 5.97 Å². The molecule has 6 nitrogen and oxygen atoms in total. The van der Waals surface area contributed by atoms with E-state index in [1.807, 2.05) is 6.07 Å². The molecule has 1 aromatic carbocycles. The molecule has 0 aliphatic rings. The number of ether oxygens (including phenoxy) is 1. The standard InChI is InChI=1S/C13H10N2O4/c16-7-5-12(17)19-8-6-11-13(18)15-10-4-2-1-3-9(10)14-11/h1-5H,6,8H2,(H,15,18). The zero-order chi connectivity index (χ0) is 13.7. The lowest BCUT2D eigenvalue weighted by atomic mass is 10.2. The number of carbonyl (C=O) groups is 1. The smallest absolute Gasteiger partial charge is 0.341 e. The van der Waals surface area contributed by atoms with Gasteiger partial charge in [-0.1, -0.05) is 12.1 Å². The SMILES string of the molecule is O=C=CC(=O)OCCc1nc2ccccc2[nH]c1=O. The second-order valence-corrected chi connectivity index (χ2v) is 3.71. The van der Waals surface area contributed by atoms with Crippen LogP contribution in [0.4, 0.5) is 0 Å². The molecule has 0 aliphatic heterocycles. The molecule has 0 atom stereocenters. The van der Waals surface area contributed by atoms with Crippen LogP contribution in [0.3, 0.4) is 0 Å². The van der Waals surface area contributed by atoms with Crippen molar-refractivity contribution in [2.24, 2.45) is 0 Å². The van der Waals surface area contributed by atoms with Crippen molar-refractivity contribution in [2.45, 2.75) is 6.42 Å². The maximum Gasteiger partial charge on any atom is 0.341 e. The molecule has 6 heteroatoms. The fourth-order valence-corrected chi connectivity index (χ4v) is 1.57. The lowest BCUT2D eigenvalue weighted by Crippen LogP contribution is -2.17. The van der Waals surface area contributed by atoms with E-state index in [0.717, 1.165) is 0 Å². The number of esters is 1. The molecular formula is C13H10N2O4. The van der Waals surface area contributed by atoms with Crippen LogP contribution < -0.4 is 5.56 Å². The molecular weight excluding hydrogens is 248 g/mol. The van der Waals surface area contributed by atoms with E-state index in [0.29, 0.717) is 17.1 Å². The van der Waals surface area contributed by atoms with E-state index in [1.54, 1.807) is 18.2 Å². The molecule has 0 aliphatic carbocycles. The van der Waals surface area contributed by atoms with Crippen LogP contribution in [0.2, 0.25) is 0 Å². The van der Waals surface area contributed by atoms with Gasteiger partial charge in [0, 0.05) is 6.42 Å². The van der Waals surface area contributed by atoms with Gasteiger partial charge in [0.05, 0.1) is 17.6 Å². The first-order chi connectivity index (χ1) is 9.20. The number of H-pyrrole nitrogens is 1. The predicted octanol–water partition coefficient (Wildman–Crippen LogP) is 0.397. The van der Waals surface area contributed by atoms with E-state index in [1.165, 1.54) is 5.94 Å². The van der Waals surface area contributed by atoms with Crippen molar-refractivity contribution in [1.82, 2.24) is 9.97 Å². The first kappa shape index (κ1) is 12.7. The molecule has 1 N–H and O–H groups in total. The number of hydrogen-bond acceptors (Lipinski definition) is 5. The highest BCUT2D eigenvalue weighted by Crippen LogP contribution is 2.06. The highest BCUT2D eigenvalue weighted by atomic mass is 16.5. The molecule has 0 saturated heterocycles. The van der Waals surface area contributed by atoms with Crippen molar-refractivity contribution in [3.8, 4) is 0 Å². The number of fused-ring (bicyclic) bond motifs is 1. The van der Waals surface area contributed by atoms with Crippen LogP contribution in [0.5, 0.6) is 0 Å². The van der Waals surface area contributed by atoms with Crippen LogP contribution in [0.15, 0.2) is 35.1 Å². The van der Waals surface area contributed by atoms with Gasteiger partial charge in [-0.25, -0.2) is 14.6 Å². The van der Waals surface area contributed by atoms with Gasteiger partial charge in [-0.3, -0.25) is 4.79 Å². The Labute approximate surface area is 107 Å². The summed E-state index contributed by atoms with van der Waals surface area (Å²) < 4.78 is 4.70. The number of carbonyl (C=O) groups excluding carboxylic acids is 2. The summed E-state index contributed by atoms with van der Waals surface area (Å²) >= 11 is 0. The summed E-state index contributed by atoms with van der Waals surface area (Å²) in [5.41, 5.74) is 1.27. The summed E-state index contributed by atoms with van der Waals surface area (Å²) in [6.45, 7) is -0.0224. The van der Waals surface area contributed by atoms with Gasteiger partial charge in [0.25, 0.3) is 5.56 Å². The third-order valence-corrected chi connectivity index (χ3v) is 2.43. The van der Waals surface area contributed by atoms with Crippen molar-refractivity contribution in [2.75, 3.05) is 6.61 Å². The molecule has 2 aromatic rings. The third kappa shape index (κ3) is 3.14. The summed E-state index contributed by atoms with van der Waals surface area (Å²) in [6.07, 6.45) is 0.830. The summed E-state index contributed by atoms with van der Waals surface area (Å²) in [7, 11) is 0. The highest BCUT2D eigenvalue weighted by Gasteiger charge is 2.05. The van der Waals surface area contributed by atoms with E-state index in [-0.39, 0.29) is 24.3 Å². The number of hydrogen-bond donors (Lipinski definition) is 1. The zero-order valence-electron chi connectivity index (χ0n) is 9.88. The number of nitrogens with one attached hydrogen (secondary N) is 1. The van der Waals surface area contributed by atoms with Gasteiger partial charge in [-0.05, 0) is 12.1 Å². The Morgan fingerprint density at radius 3 is 3.00 bits per heavy atom. The van der Waals surface area contributed by atoms with Crippen LogP contribution in [0, 0.1) is 0 Å². The van der Waals surface area contributed by atoms with Gasteiger partial charge in [-0.2, -0.15) is 0 Å². The van der Waals surface area contributed by atoms with E-state index in [9.17, 15) is 14.4 Å². The lowest BCUT2D eigenvalue weighted by Gasteiger charge is -2.02. The second kappa shape index (κ2) is 5.75. The van der Waals surface area contributed by atoms with Gasteiger partial charge in [-0.15, -0.1) is 0 Å².